The highest BCUT2D eigenvalue weighted by Gasteiger charge is 2.58. The lowest BCUT2D eigenvalue weighted by atomic mass is 9.48. The molecule has 0 aliphatic heterocycles. The second kappa shape index (κ2) is 6.63. The van der Waals surface area contributed by atoms with Crippen LogP contribution in [0.15, 0.2) is 17.7 Å². The Labute approximate surface area is 187 Å². The van der Waals surface area contributed by atoms with Crippen LogP contribution in [0.4, 0.5) is 0 Å². The van der Waals surface area contributed by atoms with Crippen molar-refractivity contribution in [1.82, 2.24) is 20.0 Å². The van der Waals surface area contributed by atoms with Crippen LogP contribution in [0, 0.1) is 34.5 Å². The van der Waals surface area contributed by atoms with Gasteiger partial charge in [0.25, 0.3) is 0 Å². The van der Waals surface area contributed by atoms with E-state index in [4.69, 9.17) is 4.74 Å². The van der Waals surface area contributed by atoms with Gasteiger partial charge in [0.2, 0.25) is 0 Å². The number of allylic oxidation sites excluding steroid dienone is 1. The molecule has 166 valence electrons. The van der Waals surface area contributed by atoms with Gasteiger partial charge < -0.3 is 4.74 Å². The number of fused-ring (bicyclic) bond motifs is 9. The minimum absolute atomic E-state index is 0.0226. The Morgan fingerprint density at radius 2 is 2.03 bits per heavy atom. The van der Waals surface area contributed by atoms with Crippen molar-refractivity contribution < 1.29 is 9.53 Å². The molecular weight excluding hydrogens is 402 g/mol. The lowest BCUT2D eigenvalue weighted by Crippen LogP contribution is -2.51. The largest absolute Gasteiger partial charge is 0.462 e. The molecule has 4 aliphatic carbocycles. The Balaban J connectivity index is 1.37. The van der Waals surface area contributed by atoms with Gasteiger partial charge in [0.15, 0.2) is 5.65 Å². The van der Waals surface area contributed by atoms with Crippen LogP contribution >= 0.6 is 0 Å². The summed E-state index contributed by atoms with van der Waals surface area (Å²) in [7, 11) is 0. The molecule has 2 saturated carbocycles. The van der Waals surface area contributed by atoms with E-state index in [2.05, 4.69) is 41.5 Å². The summed E-state index contributed by atoms with van der Waals surface area (Å²) in [5.41, 5.74) is 5.33. The van der Waals surface area contributed by atoms with Crippen molar-refractivity contribution in [2.45, 2.75) is 77.2 Å². The van der Waals surface area contributed by atoms with Gasteiger partial charge >= 0.3 is 5.97 Å². The van der Waals surface area contributed by atoms with E-state index in [-0.39, 0.29) is 22.9 Å². The summed E-state index contributed by atoms with van der Waals surface area (Å²) in [6, 6.07) is 4.33. The zero-order valence-corrected chi connectivity index (χ0v) is 19.0. The van der Waals surface area contributed by atoms with Crippen LogP contribution < -0.4 is 0 Å². The molecule has 7 heteroatoms. The number of hydrogen-bond donors (Lipinski definition) is 0. The Morgan fingerprint density at radius 1 is 1.22 bits per heavy atom. The highest BCUT2D eigenvalue weighted by Crippen LogP contribution is 2.64. The van der Waals surface area contributed by atoms with Gasteiger partial charge in [0.05, 0.1) is 11.3 Å². The van der Waals surface area contributed by atoms with Crippen molar-refractivity contribution >= 4 is 11.6 Å². The van der Waals surface area contributed by atoms with E-state index in [0.717, 1.165) is 38.5 Å². The van der Waals surface area contributed by atoms with Gasteiger partial charge in [-0.05, 0) is 83.8 Å². The maximum Gasteiger partial charge on any atom is 0.302 e. The van der Waals surface area contributed by atoms with Crippen molar-refractivity contribution in [3.8, 4) is 6.07 Å². The fourth-order valence-electron chi connectivity index (χ4n) is 7.99. The molecule has 0 saturated heterocycles. The third-order valence-corrected chi connectivity index (χ3v) is 9.43. The Hall–Kier alpha value is -2.75. The van der Waals surface area contributed by atoms with E-state index in [1.807, 2.05) is 10.6 Å². The van der Waals surface area contributed by atoms with E-state index >= 15 is 0 Å². The number of nitrogens with zero attached hydrogens (tertiary/aromatic N) is 5. The number of esters is 1. The lowest BCUT2D eigenvalue weighted by molar-refractivity contribution is -0.148. The number of carbonyl (C=O) groups is 1. The molecule has 32 heavy (non-hydrogen) atoms. The van der Waals surface area contributed by atoms with Gasteiger partial charge in [-0.15, -0.1) is 5.10 Å². The number of ether oxygens (including phenoxy) is 1. The molecular formula is C25H29N5O2. The number of nitriles is 1. The van der Waals surface area contributed by atoms with Crippen molar-refractivity contribution in [2.24, 2.45) is 23.2 Å². The van der Waals surface area contributed by atoms with E-state index in [1.54, 1.807) is 0 Å². The molecule has 7 nitrogen and oxygen atoms in total. The van der Waals surface area contributed by atoms with Crippen LogP contribution in [0.1, 0.15) is 76.1 Å². The summed E-state index contributed by atoms with van der Waals surface area (Å²) in [6.45, 7) is 6.36. The first-order chi connectivity index (χ1) is 15.3. The molecule has 2 fully saturated rings. The van der Waals surface area contributed by atoms with Gasteiger partial charge in [0, 0.05) is 18.8 Å². The van der Waals surface area contributed by atoms with Crippen LogP contribution in [0.5, 0.6) is 0 Å². The van der Waals surface area contributed by atoms with Crippen LogP contribution in [0.3, 0.4) is 0 Å². The van der Waals surface area contributed by atoms with Crippen molar-refractivity contribution in [1.29, 1.82) is 5.26 Å². The van der Waals surface area contributed by atoms with Crippen molar-refractivity contribution in [3.63, 3.8) is 0 Å². The quantitative estimate of drug-likeness (QED) is 0.502. The maximum absolute atomic E-state index is 11.5. The van der Waals surface area contributed by atoms with Gasteiger partial charge in [0.1, 0.15) is 12.2 Å². The van der Waals surface area contributed by atoms with E-state index in [1.165, 1.54) is 30.2 Å². The maximum atomic E-state index is 11.5. The SMILES string of the molecule is CC(=O)O[C@H]1CC[C@@]2(C)C(=CC[C@@H]3[C@@H]2CC[C@]2(C)c4c(cc(C#N)c5nnnn45)C[C@@H]32)C1. The molecule has 4 aliphatic rings. The third kappa shape index (κ3) is 2.52. The highest BCUT2D eigenvalue weighted by atomic mass is 16.5. The standard InChI is InChI=1S/C25H29N5O2/c1-14(31)32-18-6-8-24(2)17(12-18)4-5-19-20(24)7-9-25(3)21(19)11-15-10-16(13-26)23-27-28-29-30(23)22(15)25/h4,10,18-21H,5-9,11-12H2,1-3H3/t18-,19+,20-,21-,24-,25-/m0/s1. The highest BCUT2D eigenvalue weighted by molar-refractivity contribution is 5.66. The van der Waals surface area contributed by atoms with Crippen molar-refractivity contribution in [2.75, 3.05) is 0 Å². The molecule has 0 spiro atoms. The molecule has 2 aromatic rings. The molecule has 6 atom stereocenters. The lowest BCUT2D eigenvalue weighted by Gasteiger charge is -2.57. The summed E-state index contributed by atoms with van der Waals surface area (Å²) in [6.07, 6.45) is 9.81. The first-order valence-electron chi connectivity index (χ1n) is 11.9. The molecule has 2 heterocycles. The minimum atomic E-state index is -0.171. The predicted molar refractivity (Wildman–Crippen MR) is 116 cm³/mol. The van der Waals surface area contributed by atoms with E-state index in [9.17, 15) is 10.1 Å². The fraction of sp³-hybridized carbons (Fsp3) is 0.640. The third-order valence-electron chi connectivity index (χ3n) is 9.43. The summed E-state index contributed by atoms with van der Waals surface area (Å²) < 4.78 is 7.43. The zero-order valence-electron chi connectivity index (χ0n) is 19.0. The smallest absolute Gasteiger partial charge is 0.302 e. The monoisotopic (exact) mass is 431 g/mol. The van der Waals surface area contributed by atoms with Gasteiger partial charge in [-0.2, -0.15) is 9.78 Å². The first kappa shape index (κ1) is 19.9. The van der Waals surface area contributed by atoms with E-state index < -0.39 is 0 Å². The Bertz CT molecular complexity index is 1210. The van der Waals surface area contributed by atoms with Gasteiger partial charge in [-0.1, -0.05) is 25.5 Å². The number of aromatic nitrogens is 4. The normalized spacial score (nSPS) is 37.5. The molecule has 0 amide bonds. The van der Waals surface area contributed by atoms with Crippen LogP contribution in [0.25, 0.3) is 5.65 Å². The first-order valence-corrected chi connectivity index (χ1v) is 11.9. The fourth-order valence-corrected chi connectivity index (χ4v) is 7.99. The predicted octanol–water partition coefficient (Wildman–Crippen LogP) is 3.90. The van der Waals surface area contributed by atoms with Crippen LogP contribution in [-0.2, 0) is 21.4 Å². The topological polar surface area (TPSA) is 93.2 Å². The Kier molecular flexibility index (Phi) is 4.12. The Morgan fingerprint density at radius 3 is 2.81 bits per heavy atom. The van der Waals surface area contributed by atoms with Crippen LogP contribution in [-0.4, -0.2) is 32.1 Å². The molecule has 0 bridgehead atoms. The summed E-state index contributed by atoms with van der Waals surface area (Å²) in [5.74, 6) is 1.61. The minimum Gasteiger partial charge on any atom is -0.462 e. The molecule has 0 aromatic carbocycles. The van der Waals surface area contributed by atoms with Gasteiger partial charge in [-0.25, -0.2) is 0 Å². The summed E-state index contributed by atoms with van der Waals surface area (Å²) in [4.78, 5) is 11.5. The van der Waals surface area contributed by atoms with Crippen molar-refractivity contribution in [3.05, 3.63) is 34.5 Å². The number of rotatable bonds is 1. The average molecular weight is 432 g/mol. The molecule has 0 radical (unpaired) electrons. The number of tetrazole rings is 1. The zero-order chi connectivity index (χ0) is 22.3. The average Bonchev–Trinajstić information content (AvgIpc) is 3.35. The molecule has 2 aromatic heterocycles. The number of hydrogen-bond acceptors (Lipinski definition) is 6. The molecule has 0 N–H and O–H groups in total. The summed E-state index contributed by atoms with van der Waals surface area (Å²) >= 11 is 0. The second-order valence-electron chi connectivity index (χ2n) is 10.9. The molecule has 0 unspecified atom stereocenters. The number of carbonyl (C=O) groups excluding carboxylic acids is 1. The van der Waals surface area contributed by atoms with E-state index in [0.29, 0.717) is 29.0 Å². The second-order valence-corrected chi connectivity index (χ2v) is 10.9. The van der Waals surface area contributed by atoms with Gasteiger partial charge in [-0.3, -0.25) is 4.79 Å². The number of pyridine rings is 1. The van der Waals surface area contributed by atoms with Crippen LogP contribution in [0.2, 0.25) is 0 Å². The molecule has 6 rings (SSSR count). The summed E-state index contributed by atoms with van der Waals surface area (Å²) in [5, 5.41) is 22.0.